The molecule has 0 amide bonds. The number of hydrogen-bond acceptors (Lipinski definition) is 1. The Hall–Kier alpha value is -0.720. The molecule has 0 N–H and O–H groups in total. The Kier molecular flexibility index (Phi) is 1.93. The third kappa shape index (κ3) is 1.35. The molecule has 0 aliphatic rings. The number of hydrogen-bond donors (Lipinski definition) is 0. The van der Waals surface area contributed by atoms with Crippen LogP contribution in [-0.2, 0) is 6.42 Å². The number of furan rings is 1. The normalized spacial score (nSPS) is 10.0. The van der Waals surface area contributed by atoms with Crippen LogP contribution in [0.4, 0.5) is 0 Å². The van der Waals surface area contributed by atoms with Crippen LogP contribution in [0.3, 0.4) is 0 Å². The zero-order chi connectivity index (χ0) is 6.69. The summed E-state index contributed by atoms with van der Waals surface area (Å²) in [6.07, 6.45) is 5.96. The summed E-state index contributed by atoms with van der Waals surface area (Å²) in [7, 11) is 0. The second-order valence-corrected chi connectivity index (χ2v) is 2.33. The quantitative estimate of drug-likeness (QED) is 0.590. The maximum absolute atomic E-state index is 5.00. The van der Waals surface area contributed by atoms with E-state index in [1.165, 1.54) is 17.5 Å². The van der Waals surface area contributed by atoms with E-state index in [0.29, 0.717) is 0 Å². The molecule has 0 aromatic carbocycles. The molecule has 0 spiro atoms. The van der Waals surface area contributed by atoms with Crippen molar-refractivity contribution in [2.24, 2.45) is 0 Å². The van der Waals surface area contributed by atoms with Crippen molar-refractivity contribution in [3.8, 4) is 0 Å². The zero-order valence-electron chi connectivity index (χ0n) is 5.98. The van der Waals surface area contributed by atoms with Crippen LogP contribution >= 0.6 is 0 Å². The lowest BCUT2D eigenvalue weighted by Gasteiger charge is -1.90. The van der Waals surface area contributed by atoms with Crippen molar-refractivity contribution in [1.29, 1.82) is 0 Å². The second kappa shape index (κ2) is 2.72. The molecule has 0 saturated carbocycles. The van der Waals surface area contributed by atoms with Crippen molar-refractivity contribution in [3.63, 3.8) is 0 Å². The van der Waals surface area contributed by atoms with Crippen molar-refractivity contribution in [1.82, 2.24) is 0 Å². The average molecular weight is 124 g/mol. The Balaban J connectivity index is 2.69. The van der Waals surface area contributed by atoms with Crippen molar-refractivity contribution < 1.29 is 4.42 Å². The highest BCUT2D eigenvalue weighted by atomic mass is 16.3. The molecule has 50 valence electrons. The van der Waals surface area contributed by atoms with Gasteiger partial charge in [0.2, 0.25) is 0 Å². The monoisotopic (exact) mass is 124 g/mol. The van der Waals surface area contributed by atoms with E-state index < -0.39 is 0 Å². The van der Waals surface area contributed by atoms with Crippen molar-refractivity contribution in [2.75, 3.05) is 0 Å². The summed E-state index contributed by atoms with van der Waals surface area (Å²) < 4.78 is 5.00. The van der Waals surface area contributed by atoms with Gasteiger partial charge >= 0.3 is 0 Å². The molecule has 1 heterocycles. The van der Waals surface area contributed by atoms with Gasteiger partial charge in [-0.1, -0.05) is 13.3 Å². The van der Waals surface area contributed by atoms with Gasteiger partial charge in [0.05, 0.1) is 12.5 Å². The summed E-state index contributed by atoms with van der Waals surface area (Å²) in [5.74, 6) is 0. The van der Waals surface area contributed by atoms with Crippen LogP contribution in [0.5, 0.6) is 0 Å². The van der Waals surface area contributed by atoms with E-state index in [1.807, 2.05) is 6.26 Å². The molecule has 0 aliphatic heterocycles. The molecule has 0 radical (unpaired) electrons. The topological polar surface area (TPSA) is 13.1 Å². The van der Waals surface area contributed by atoms with Gasteiger partial charge in [-0.05, 0) is 24.5 Å². The minimum atomic E-state index is 1.14. The van der Waals surface area contributed by atoms with Crippen LogP contribution in [0.1, 0.15) is 24.5 Å². The Morgan fingerprint density at radius 2 is 2.22 bits per heavy atom. The number of rotatable bonds is 2. The van der Waals surface area contributed by atoms with Crippen molar-refractivity contribution in [2.45, 2.75) is 26.7 Å². The van der Waals surface area contributed by atoms with E-state index >= 15 is 0 Å². The van der Waals surface area contributed by atoms with E-state index in [9.17, 15) is 0 Å². The fraction of sp³-hybridized carbons (Fsp3) is 0.500. The van der Waals surface area contributed by atoms with E-state index in [-0.39, 0.29) is 0 Å². The van der Waals surface area contributed by atoms with Crippen LogP contribution in [0.2, 0.25) is 0 Å². The predicted octanol–water partition coefficient (Wildman–Crippen LogP) is 2.54. The number of aryl methyl sites for hydroxylation is 2. The van der Waals surface area contributed by atoms with E-state index in [2.05, 4.69) is 13.8 Å². The smallest absolute Gasteiger partial charge is 0.0937 e. The molecule has 1 aromatic heterocycles. The molecule has 0 saturated heterocycles. The molecule has 1 rings (SSSR count). The van der Waals surface area contributed by atoms with Gasteiger partial charge in [-0.15, -0.1) is 0 Å². The summed E-state index contributed by atoms with van der Waals surface area (Å²) >= 11 is 0. The molecule has 1 nitrogen and oxygen atoms in total. The van der Waals surface area contributed by atoms with Crippen LogP contribution in [-0.4, -0.2) is 0 Å². The first-order valence-electron chi connectivity index (χ1n) is 3.36. The largest absolute Gasteiger partial charge is 0.472 e. The van der Waals surface area contributed by atoms with Gasteiger partial charge in [0, 0.05) is 0 Å². The molecule has 0 bridgehead atoms. The van der Waals surface area contributed by atoms with E-state index in [1.54, 1.807) is 6.26 Å². The minimum absolute atomic E-state index is 1.14. The van der Waals surface area contributed by atoms with Crippen LogP contribution in [0, 0.1) is 6.92 Å². The summed E-state index contributed by atoms with van der Waals surface area (Å²) in [6, 6.07) is 0. The molecule has 1 aromatic rings. The maximum atomic E-state index is 5.00. The highest BCUT2D eigenvalue weighted by Gasteiger charge is 1.96. The fourth-order valence-corrected chi connectivity index (χ4v) is 0.912. The minimum Gasteiger partial charge on any atom is -0.472 e. The zero-order valence-corrected chi connectivity index (χ0v) is 5.98. The molecule has 9 heavy (non-hydrogen) atoms. The third-order valence-electron chi connectivity index (χ3n) is 1.48. The molecule has 0 atom stereocenters. The molecule has 0 fully saturated rings. The Labute approximate surface area is 55.7 Å². The first kappa shape index (κ1) is 6.40. The Morgan fingerprint density at radius 1 is 1.44 bits per heavy atom. The lowest BCUT2D eigenvalue weighted by molar-refractivity contribution is 0.562. The summed E-state index contributed by atoms with van der Waals surface area (Å²) in [5.41, 5.74) is 2.62. The SMILES string of the molecule is CCCc1cocc1C. The van der Waals surface area contributed by atoms with Crippen LogP contribution < -0.4 is 0 Å². The van der Waals surface area contributed by atoms with Crippen molar-refractivity contribution in [3.05, 3.63) is 23.7 Å². The predicted molar refractivity (Wildman–Crippen MR) is 37.4 cm³/mol. The molecule has 0 aliphatic carbocycles. The van der Waals surface area contributed by atoms with Gasteiger partial charge in [-0.25, -0.2) is 0 Å². The molecular formula is C8H12O. The lowest BCUT2D eigenvalue weighted by Crippen LogP contribution is -1.80. The summed E-state index contributed by atoms with van der Waals surface area (Å²) in [6.45, 7) is 4.25. The van der Waals surface area contributed by atoms with Gasteiger partial charge in [0.15, 0.2) is 0 Å². The molecule has 1 heteroatoms. The molecule has 0 unspecified atom stereocenters. The summed E-state index contributed by atoms with van der Waals surface area (Å²) in [5, 5.41) is 0. The van der Waals surface area contributed by atoms with E-state index in [0.717, 1.165) is 6.42 Å². The van der Waals surface area contributed by atoms with Gasteiger partial charge in [0.25, 0.3) is 0 Å². The maximum Gasteiger partial charge on any atom is 0.0937 e. The lowest BCUT2D eigenvalue weighted by atomic mass is 10.1. The highest BCUT2D eigenvalue weighted by molar-refractivity contribution is 5.18. The second-order valence-electron chi connectivity index (χ2n) is 2.33. The van der Waals surface area contributed by atoms with Gasteiger partial charge < -0.3 is 4.42 Å². The third-order valence-corrected chi connectivity index (χ3v) is 1.48. The van der Waals surface area contributed by atoms with E-state index in [4.69, 9.17) is 4.42 Å². The average Bonchev–Trinajstić information content (AvgIpc) is 2.18. The van der Waals surface area contributed by atoms with Crippen LogP contribution in [0.15, 0.2) is 16.9 Å². The highest BCUT2D eigenvalue weighted by Crippen LogP contribution is 2.09. The Morgan fingerprint density at radius 3 is 2.67 bits per heavy atom. The first-order chi connectivity index (χ1) is 4.34. The van der Waals surface area contributed by atoms with Gasteiger partial charge in [-0.2, -0.15) is 0 Å². The first-order valence-corrected chi connectivity index (χ1v) is 3.36. The van der Waals surface area contributed by atoms with Crippen LogP contribution in [0.25, 0.3) is 0 Å². The Bertz CT molecular complexity index is 176. The van der Waals surface area contributed by atoms with Gasteiger partial charge in [-0.3, -0.25) is 0 Å². The standard InChI is InChI=1S/C8H12O/c1-3-4-8-6-9-5-7(8)2/h5-6H,3-4H2,1-2H3. The van der Waals surface area contributed by atoms with Gasteiger partial charge in [0.1, 0.15) is 0 Å². The molecular weight excluding hydrogens is 112 g/mol. The van der Waals surface area contributed by atoms with Crippen molar-refractivity contribution >= 4 is 0 Å². The summed E-state index contributed by atoms with van der Waals surface area (Å²) in [4.78, 5) is 0. The fourth-order valence-electron chi connectivity index (χ4n) is 0.912.